The van der Waals surface area contributed by atoms with Crippen molar-refractivity contribution in [2.75, 3.05) is 0 Å². The first-order valence-corrected chi connectivity index (χ1v) is 13.5. The smallest absolute Gasteiger partial charge is 0.411 e. The van der Waals surface area contributed by atoms with Gasteiger partial charge >= 0.3 is 6.09 Å². The van der Waals surface area contributed by atoms with Crippen LogP contribution < -0.4 is 9.47 Å². The Labute approximate surface area is 209 Å². The molecule has 1 aromatic carbocycles. The summed E-state index contributed by atoms with van der Waals surface area (Å²) in [4.78, 5) is 22.5. The molecule has 2 fully saturated rings. The first kappa shape index (κ1) is 24.5. The molecule has 36 heavy (non-hydrogen) atoms. The first-order valence-electron chi connectivity index (χ1n) is 12.0. The SMILES string of the molecule is Cc1c(Oc2ccc(S(=O)(=O)C3CC3)cc2F)ncnc1OC1CC2C=CC(C1)N2C(=O)OC(C)C. The summed E-state index contributed by atoms with van der Waals surface area (Å²) in [5.41, 5.74) is 0.480. The van der Waals surface area contributed by atoms with E-state index in [1.165, 1.54) is 18.5 Å². The average Bonchev–Trinajstić information content (AvgIpc) is 3.63. The molecule has 11 heteroatoms. The van der Waals surface area contributed by atoms with Gasteiger partial charge in [-0.3, -0.25) is 4.90 Å². The van der Waals surface area contributed by atoms with Crippen LogP contribution in [0.4, 0.5) is 9.18 Å². The molecular weight excluding hydrogens is 489 g/mol. The summed E-state index contributed by atoms with van der Waals surface area (Å²) in [5, 5.41) is -0.425. The largest absolute Gasteiger partial charge is 0.474 e. The predicted molar refractivity (Wildman–Crippen MR) is 127 cm³/mol. The second kappa shape index (κ2) is 9.34. The summed E-state index contributed by atoms with van der Waals surface area (Å²) < 4.78 is 56.7. The summed E-state index contributed by atoms with van der Waals surface area (Å²) in [6.07, 6.45) is 6.86. The fourth-order valence-corrected chi connectivity index (χ4v) is 6.22. The number of hydrogen-bond acceptors (Lipinski definition) is 8. The molecule has 0 radical (unpaired) electrons. The lowest BCUT2D eigenvalue weighted by Crippen LogP contribution is -2.50. The van der Waals surface area contributed by atoms with Gasteiger partial charge in [-0.15, -0.1) is 0 Å². The van der Waals surface area contributed by atoms with Crippen LogP contribution in [0.1, 0.15) is 45.1 Å². The third kappa shape index (κ3) is 4.76. The van der Waals surface area contributed by atoms with E-state index in [1.54, 1.807) is 11.8 Å². The van der Waals surface area contributed by atoms with Gasteiger partial charge in [0, 0.05) is 12.8 Å². The minimum absolute atomic E-state index is 0.0508. The Morgan fingerprint density at radius 3 is 2.39 bits per heavy atom. The van der Waals surface area contributed by atoms with E-state index in [0.717, 1.165) is 6.07 Å². The van der Waals surface area contributed by atoms with Gasteiger partial charge < -0.3 is 14.2 Å². The van der Waals surface area contributed by atoms with Crippen molar-refractivity contribution in [1.82, 2.24) is 14.9 Å². The molecule has 2 aliphatic heterocycles. The number of hydrogen-bond donors (Lipinski definition) is 0. The average molecular weight is 518 g/mol. The number of carbonyl (C=O) groups is 1. The summed E-state index contributed by atoms with van der Waals surface area (Å²) in [5.74, 6) is -0.524. The van der Waals surface area contributed by atoms with Gasteiger partial charge in [-0.2, -0.15) is 0 Å². The molecule has 1 aromatic heterocycles. The number of benzene rings is 1. The molecule has 2 atom stereocenters. The maximum atomic E-state index is 14.7. The molecule has 192 valence electrons. The highest BCUT2D eigenvalue weighted by Crippen LogP contribution is 2.37. The number of ether oxygens (including phenoxy) is 3. The molecule has 0 spiro atoms. The van der Waals surface area contributed by atoms with Gasteiger partial charge in [0.15, 0.2) is 21.4 Å². The number of piperidine rings is 1. The molecule has 0 N–H and O–H groups in total. The second-order valence-corrected chi connectivity index (χ2v) is 11.8. The summed E-state index contributed by atoms with van der Waals surface area (Å²) >= 11 is 0. The molecule has 1 aliphatic carbocycles. The van der Waals surface area contributed by atoms with E-state index in [-0.39, 0.29) is 46.9 Å². The number of amides is 1. The fraction of sp³-hybridized carbons (Fsp3) is 0.480. The summed E-state index contributed by atoms with van der Waals surface area (Å²) in [6, 6.07) is 3.37. The van der Waals surface area contributed by atoms with Crippen molar-refractivity contribution in [1.29, 1.82) is 0 Å². The van der Waals surface area contributed by atoms with E-state index in [2.05, 4.69) is 9.97 Å². The number of halogens is 1. The highest BCUT2D eigenvalue weighted by molar-refractivity contribution is 7.92. The standard InChI is InChI=1S/C25H28FN3O6S/c1-14(2)33-25(30)29-16-4-5-17(29)11-18(10-16)34-23-15(3)24(28-13-27-23)35-22-9-8-20(12-21(22)26)36(31,32)19-6-7-19/h4-5,8-9,12-14,16-19H,6-7,10-11H2,1-3H3. The van der Waals surface area contributed by atoms with E-state index in [0.29, 0.717) is 37.1 Å². The van der Waals surface area contributed by atoms with E-state index >= 15 is 0 Å². The number of fused-ring (bicyclic) bond motifs is 2. The van der Waals surface area contributed by atoms with Crippen LogP contribution in [0.25, 0.3) is 0 Å². The Morgan fingerprint density at radius 1 is 1.11 bits per heavy atom. The maximum absolute atomic E-state index is 14.7. The van der Waals surface area contributed by atoms with Crippen molar-refractivity contribution >= 4 is 15.9 Å². The van der Waals surface area contributed by atoms with Crippen molar-refractivity contribution in [3.63, 3.8) is 0 Å². The summed E-state index contributed by atoms with van der Waals surface area (Å²) in [6.45, 7) is 5.34. The molecule has 3 heterocycles. The van der Waals surface area contributed by atoms with E-state index < -0.39 is 20.9 Å². The second-order valence-electron chi connectivity index (χ2n) is 9.62. The van der Waals surface area contributed by atoms with Crippen LogP contribution in [-0.2, 0) is 14.6 Å². The van der Waals surface area contributed by atoms with Gasteiger partial charge in [-0.05, 0) is 51.8 Å². The van der Waals surface area contributed by atoms with E-state index in [1.807, 2.05) is 26.0 Å². The molecule has 1 amide bonds. The van der Waals surface area contributed by atoms with Gasteiger partial charge in [-0.1, -0.05) is 12.2 Å². The Kier molecular flexibility index (Phi) is 6.36. The molecule has 5 rings (SSSR count). The Balaban J connectivity index is 1.27. The Hall–Kier alpha value is -3.21. The van der Waals surface area contributed by atoms with Gasteiger partial charge in [-0.25, -0.2) is 27.6 Å². The zero-order valence-corrected chi connectivity index (χ0v) is 21.1. The fourth-order valence-electron chi connectivity index (χ4n) is 4.55. The summed E-state index contributed by atoms with van der Waals surface area (Å²) in [7, 11) is -3.51. The van der Waals surface area contributed by atoms with Gasteiger partial charge in [0.05, 0.1) is 33.9 Å². The number of carbonyl (C=O) groups excluding carboxylic acids is 1. The predicted octanol–water partition coefficient (Wildman–Crippen LogP) is 4.35. The van der Waals surface area contributed by atoms with Crippen molar-refractivity contribution in [2.45, 2.75) is 80.9 Å². The monoisotopic (exact) mass is 517 g/mol. The molecule has 3 aliphatic rings. The lowest BCUT2D eigenvalue weighted by Gasteiger charge is -2.38. The minimum atomic E-state index is -3.51. The first-order chi connectivity index (χ1) is 17.1. The van der Waals surface area contributed by atoms with Crippen LogP contribution in [0.3, 0.4) is 0 Å². The Bertz CT molecular complexity index is 1290. The number of sulfone groups is 1. The highest BCUT2D eigenvalue weighted by atomic mass is 32.2. The number of aromatic nitrogens is 2. The van der Waals surface area contributed by atoms with Gasteiger partial charge in [0.25, 0.3) is 0 Å². The van der Waals surface area contributed by atoms with Crippen LogP contribution in [0, 0.1) is 12.7 Å². The zero-order chi connectivity index (χ0) is 25.6. The highest BCUT2D eigenvalue weighted by Gasteiger charge is 2.42. The molecule has 9 nitrogen and oxygen atoms in total. The molecule has 1 saturated carbocycles. The topological polar surface area (TPSA) is 108 Å². The maximum Gasteiger partial charge on any atom is 0.411 e. The number of nitrogens with zero attached hydrogens (tertiary/aromatic N) is 3. The van der Waals surface area contributed by atoms with Gasteiger partial charge in [0.1, 0.15) is 12.4 Å². The lowest BCUT2D eigenvalue weighted by atomic mass is 9.99. The molecule has 2 unspecified atom stereocenters. The van der Waals surface area contributed by atoms with Crippen molar-refractivity contribution in [3.8, 4) is 17.5 Å². The lowest BCUT2D eigenvalue weighted by molar-refractivity contribution is 0.0263. The third-order valence-electron chi connectivity index (χ3n) is 6.50. The van der Waals surface area contributed by atoms with Crippen molar-refractivity contribution in [3.05, 3.63) is 48.1 Å². The third-order valence-corrected chi connectivity index (χ3v) is 8.76. The molecule has 2 aromatic rings. The van der Waals surface area contributed by atoms with Crippen LogP contribution in [0.15, 0.2) is 41.6 Å². The Morgan fingerprint density at radius 2 is 1.78 bits per heavy atom. The normalized spacial score (nSPS) is 23.1. The van der Waals surface area contributed by atoms with Crippen LogP contribution in [0.2, 0.25) is 0 Å². The van der Waals surface area contributed by atoms with Crippen LogP contribution in [-0.4, -0.2) is 58.9 Å². The van der Waals surface area contributed by atoms with Crippen molar-refractivity contribution < 1.29 is 31.8 Å². The van der Waals surface area contributed by atoms with Crippen LogP contribution >= 0.6 is 0 Å². The minimum Gasteiger partial charge on any atom is -0.474 e. The van der Waals surface area contributed by atoms with Crippen LogP contribution in [0.5, 0.6) is 17.5 Å². The zero-order valence-electron chi connectivity index (χ0n) is 20.3. The van der Waals surface area contributed by atoms with E-state index in [9.17, 15) is 17.6 Å². The molecule has 2 bridgehead atoms. The van der Waals surface area contributed by atoms with E-state index in [4.69, 9.17) is 14.2 Å². The quantitative estimate of drug-likeness (QED) is 0.499. The molecular formula is C25H28FN3O6S. The van der Waals surface area contributed by atoms with Gasteiger partial charge in [0.2, 0.25) is 11.8 Å². The molecule has 1 saturated heterocycles. The number of rotatable bonds is 7. The van der Waals surface area contributed by atoms with Crippen molar-refractivity contribution in [2.24, 2.45) is 0 Å².